The Hall–Kier alpha value is -1.71. The molecule has 0 bridgehead atoms. The van der Waals surface area contributed by atoms with Gasteiger partial charge >= 0.3 is 0 Å². The molecule has 1 heterocycles. The molecule has 0 saturated heterocycles. The van der Waals surface area contributed by atoms with E-state index >= 15 is 0 Å². The fourth-order valence-corrected chi connectivity index (χ4v) is 2.90. The highest BCUT2D eigenvalue weighted by atomic mass is 127. The molecule has 1 fully saturated rings. The van der Waals surface area contributed by atoms with Gasteiger partial charge in [0, 0.05) is 23.9 Å². The normalized spacial score (nSPS) is 15.7. The molecule has 8 heteroatoms. The van der Waals surface area contributed by atoms with Crippen LogP contribution in [0, 0.1) is 5.82 Å². The van der Waals surface area contributed by atoms with Gasteiger partial charge in [-0.25, -0.2) is 9.38 Å². The minimum atomic E-state index is -0.189. The maximum Gasteiger partial charge on any atom is 0.232 e. The lowest BCUT2D eigenvalue weighted by molar-refractivity contribution is 0.318. The highest BCUT2D eigenvalue weighted by molar-refractivity contribution is 14.0. The third-order valence-electron chi connectivity index (χ3n) is 4.72. The maximum atomic E-state index is 13.6. The molecule has 28 heavy (non-hydrogen) atoms. The van der Waals surface area contributed by atoms with Crippen molar-refractivity contribution in [1.82, 2.24) is 20.8 Å². The molecule has 1 aromatic carbocycles. The number of guanidine groups is 1. The van der Waals surface area contributed by atoms with Crippen LogP contribution < -0.4 is 10.6 Å². The predicted molar refractivity (Wildman–Crippen MR) is 119 cm³/mol. The van der Waals surface area contributed by atoms with Crippen LogP contribution in [0.15, 0.2) is 33.8 Å². The Morgan fingerprint density at radius 2 is 2.04 bits per heavy atom. The molecule has 154 valence electrons. The van der Waals surface area contributed by atoms with E-state index in [0.29, 0.717) is 30.8 Å². The van der Waals surface area contributed by atoms with Gasteiger partial charge in [0.05, 0.1) is 0 Å². The largest absolute Gasteiger partial charge is 0.357 e. The van der Waals surface area contributed by atoms with Crippen molar-refractivity contribution in [2.45, 2.75) is 57.9 Å². The number of aliphatic imine (C=N–C) groups is 1. The van der Waals surface area contributed by atoms with E-state index in [1.165, 1.54) is 6.07 Å². The monoisotopic (exact) mass is 501 g/mol. The van der Waals surface area contributed by atoms with Crippen LogP contribution in [0.5, 0.6) is 0 Å². The Morgan fingerprint density at radius 1 is 1.29 bits per heavy atom. The van der Waals surface area contributed by atoms with Gasteiger partial charge < -0.3 is 15.2 Å². The second-order valence-corrected chi connectivity index (χ2v) is 8.11. The molecule has 0 radical (unpaired) electrons. The fraction of sp³-hybridized carbons (Fsp3) is 0.550. The molecule has 1 aromatic heterocycles. The van der Waals surface area contributed by atoms with Gasteiger partial charge in [-0.2, -0.15) is 4.98 Å². The van der Waals surface area contributed by atoms with E-state index in [2.05, 4.69) is 25.8 Å². The molecule has 0 atom stereocenters. The summed E-state index contributed by atoms with van der Waals surface area (Å²) in [7, 11) is 0. The van der Waals surface area contributed by atoms with E-state index in [1.807, 2.05) is 33.8 Å². The van der Waals surface area contributed by atoms with Crippen molar-refractivity contribution in [1.29, 1.82) is 0 Å². The lowest BCUT2D eigenvalue weighted by Gasteiger charge is -2.19. The highest BCUT2D eigenvalue weighted by Crippen LogP contribution is 2.47. The summed E-state index contributed by atoms with van der Waals surface area (Å²) >= 11 is 0. The van der Waals surface area contributed by atoms with E-state index in [1.54, 1.807) is 12.1 Å². The number of hydrogen-bond acceptors (Lipinski definition) is 4. The summed E-state index contributed by atoms with van der Waals surface area (Å²) in [6.07, 6.45) is 2.09. The lowest BCUT2D eigenvalue weighted by Crippen LogP contribution is -2.41. The minimum absolute atomic E-state index is 0. The summed E-state index contributed by atoms with van der Waals surface area (Å²) in [6, 6.07) is 6.88. The molecule has 2 N–H and O–H groups in total. The van der Waals surface area contributed by atoms with Crippen LogP contribution in [-0.4, -0.2) is 29.2 Å². The number of benzene rings is 1. The SMILES string of the molecule is CCNC(=NCc1noc(C(C)(C)C)n1)NCC1(c2cccc(F)c2)CC1.I. The molecule has 2 aromatic rings. The average Bonchev–Trinajstić information content (AvgIpc) is 3.25. The van der Waals surface area contributed by atoms with E-state index in [9.17, 15) is 4.39 Å². The van der Waals surface area contributed by atoms with E-state index in [4.69, 9.17) is 4.52 Å². The summed E-state index contributed by atoms with van der Waals surface area (Å²) in [5.74, 6) is 1.67. The first-order chi connectivity index (χ1) is 12.8. The summed E-state index contributed by atoms with van der Waals surface area (Å²) in [4.78, 5) is 8.97. The first-order valence-corrected chi connectivity index (χ1v) is 9.44. The average molecular weight is 501 g/mol. The van der Waals surface area contributed by atoms with Crippen molar-refractivity contribution in [2.24, 2.45) is 4.99 Å². The third kappa shape index (κ3) is 5.65. The van der Waals surface area contributed by atoms with Crippen molar-refractivity contribution < 1.29 is 8.91 Å². The van der Waals surface area contributed by atoms with Crippen molar-refractivity contribution in [3.8, 4) is 0 Å². The van der Waals surface area contributed by atoms with E-state index in [0.717, 1.165) is 24.9 Å². The zero-order valence-electron chi connectivity index (χ0n) is 16.9. The van der Waals surface area contributed by atoms with Gasteiger partial charge in [0.25, 0.3) is 0 Å². The number of nitrogens with one attached hydrogen (secondary N) is 2. The Kier molecular flexibility index (Phi) is 7.41. The number of rotatable bonds is 6. The number of hydrogen-bond donors (Lipinski definition) is 2. The quantitative estimate of drug-likeness (QED) is 0.357. The van der Waals surface area contributed by atoms with Gasteiger partial charge in [-0.05, 0) is 37.5 Å². The summed E-state index contributed by atoms with van der Waals surface area (Å²) in [5.41, 5.74) is 0.851. The van der Waals surface area contributed by atoms with Gasteiger partial charge in [-0.15, -0.1) is 24.0 Å². The van der Waals surface area contributed by atoms with Gasteiger partial charge in [0.15, 0.2) is 11.8 Å². The molecule has 3 rings (SSSR count). The first kappa shape index (κ1) is 22.6. The van der Waals surface area contributed by atoms with Crippen LogP contribution in [0.3, 0.4) is 0 Å². The summed E-state index contributed by atoms with van der Waals surface area (Å²) in [5, 5.41) is 10.6. The Balaban J connectivity index is 0.00000280. The smallest absolute Gasteiger partial charge is 0.232 e. The standard InChI is InChI=1S/C20H28FN5O.HI/c1-5-22-18(23-12-16-25-17(27-26-16)19(2,3)4)24-13-20(9-10-20)14-7-6-8-15(21)11-14;/h6-8,11H,5,9-10,12-13H2,1-4H3,(H2,22,23,24);1H. The molecular formula is C20H29FIN5O. The number of nitrogens with zero attached hydrogens (tertiary/aromatic N) is 3. The van der Waals surface area contributed by atoms with Crippen LogP contribution in [-0.2, 0) is 17.4 Å². The second kappa shape index (κ2) is 9.19. The van der Waals surface area contributed by atoms with Crippen LogP contribution in [0.25, 0.3) is 0 Å². The molecular weight excluding hydrogens is 472 g/mol. The van der Waals surface area contributed by atoms with Crippen LogP contribution in [0.4, 0.5) is 4.39 Å². The zero-order chi connectivity index (χ0) is 19.5. The molecule has 0 spiro atoms. The van der Waals surface area contributed by atoms with Crippen molar-refractivity contribution in [3.05, 3.63) is 47.4 Å². The number of aromatic nitrogens is 2. The van der Waals surface area contributed by atoms with Crippen LogP contribution >= 0.6 is 24.0 Å². The van der Waals surface area contributed by atoms with Crippen molar-refractivity contribution in [2.75, 3.05) is 13.1 Å². The summed E-state index contributed by atoms with van der Waals surface area (Å²) < 4.78 is 18.9. The second-order valence-electron chi connectivity index (χ2n) is 8.11. The van der Waals surface area contributed by atoms with E-state index < -0.39 is 0 Å². The molecule has 1 aliphatic rings. The zero-order valence-corrected chi connectivity index (χ0v) is 19.2. The predicted octanol–water partition coefficient (Wildman–Crippen LogP) is 3.91. The van der Waals surface area contributed by atoms with E-state index in [-0.39, 0.29) is 40.6 Å². The minimum Gasteiger partial charge on any atom is -0.357 e. The molecule has 1 aliphatic carbocycles. The van der Waals surface area contributed by atoms with Crippen LogP contribution in [0.2, 0.25) is 0 Å². The topological polar surface area (TPSA) is 75.3 Å². The maximum absolute atomic E-state index is 13.6. The Labute approximate surface area is 182 Å². The van der Waals surface area contributed by atoms with Gasteiger partial charge in [-0.3, -0.25) is 0 Å². The Morgan fingerprint density at radius 3 is 2.61 bits per heavy atom. The summed E-state index contributed by atoms with van der Waals surface area (Å²) in [6.45, 7) is 9.90. The highest BCUT2D eigenvalue weighted by Gasteiger charge is 2.44. The van der Waals surface area contributed by atoms with Crippen molar-refractivity contribution in [3.63, 3.8) is 0 Å². The van der Waals surface area contributed by atoms with Gasteiger partial charge in [0.2, 0.25) is 5.89 Å². The first-order valence-electron chi connectivity index (χ1n) is 9.44. The van der Waals surface area contributed by atoms with Gasteiger partial charge in [-0.1, -0.05) is 38.1 Å². The molecule has 1 saturated carbocycles. The van der Waals surface area contributed by atoms with Crippen LogP contribution in [0.1, 0.15) is 57.8 Å². The number of halogens is 2. The lowest BCUT2D eigenvalue weighted by atomic mass is 9.96. The van der Waals surface area contributed by atoms with Gasteiger partial charge in [0.1, 0.15) is 12.4 Å². The molecule has 0 amide bonds. The molecule has 6 nitrogen and oxygen atoms in total. The Bertz CT molecular complexity index is 811. The molecule has 0 aliphatic heterocycles. The van der Waals surface area contributed by atoms with Crippen molar-refractivity contribution >= 4 is 29.9 Å². The third-order valence-corrected chi connectivity index (χ3v) is 4.72. The molecule has 0 unspecified atom stereocenters. The fourth-order valence-electron chi connectivity index (χ4n) is 2.90.